The van der Waals surface area contributed by atoms with E-state index in [-0.39, 0.29) is 23.8 Å². The van der Waals surface area contributed by atoms with Crippen molar-refractivity contribution in [3.05, 3.63) is 59.8 Å². The van der Waals surface area contributed by atoms with Crippen molar-refractivity contribution in [2.24, 2.45) is 0 Å². The predicted octanol–water partition coefficient (Wildman–Crippen LogP) is 3.65. The van der Waals surface area contributed by atoms with E-state index in [1.54, 1.807) is 18.4 Å². The van der Waals surface area contributed by atoms with Crippen molar-refractivity contribution in [3.63, 3.8) is 0 Å². The maximum absolute atomic E-state index is 12.9. The third-order valence-electron chi connectivity index (χ3n) is 4.64. The van der Waals surface area contributed by atoms with Crippen LogP contribution in [0, 0.1) is 5.82 Å². The molecule has 2 aromatic rings. The first-order chi connectivity index (χ1) is 11.6. The summed E-state index contributed by atoms with van der Waals surface area (Å²) in [7, 11) is 0. The number of hydrogen-bond donors (Lipinski definition) is 1. The maximum atomic E-state index is 12.9. The standard InChI is InChI=1S/C19H23FN2O2/c1-14(18-3-2-12-24-18)22-17(8-9-19(22)23)10-11-21-13-15-4-6-16(20)7-5-15/h2-7,12,14,17,21H,8-11,13H2,1H3. The summed E-state index contributed by atoms with van der Waals surface area (Å²) in [5, 5.41) is 3.37. The van der Waals surface area contributed by atoms with Gasteiger partial charge >= 0.3 is 0 Å². The molecule has 0 radical (unpaired) electrons. The van der Waals surface area contributed by atoms with Gasteiger partial charge in [-0.2, -0.15) is 0 Å². The molecule has 0 saturated carbocycles. The van der Waals surface area contributed by atoms with E-state index >= 15 is 0 Å². The Labute approximate surface area is 141 Å². The number of likely N-dealkylation sites (tertiary alicyclic amines) is 1. The van der Waals surface area contributed by atoms with E-state index in [0.717, 1.165) is 30.7 Å². The lowest BCUT2D eigenvalue weighted by molar-refractivity contribution is -0.131. The van der Waals surface area contributed by atoms with Gasteiger partial charge < -0.3 is 14.6 Å². The second-order valence-electron chi connectivity index (χ2n) is 6.28. The lowest BCUT2D eigenvalue weighted by Gasteiger charge is -2.30. The number of nitrogens with zero attached hydrogens (tertiary/aromatic N) is 1. The number of nitrogens with one attached hydrogen (secondary N) is 1. The van der Waals surface area contributed by atoms with Gasteiger partial charge in [-0.05, 0) is 56.1 Å². The van der Waals surface area contributed by atoms with Crippen LogP contribution in [0.1, 0.15) is 43.6 Å². The molecule has 2 atom stereocenters. The van der Waals surface area contributed by atoms with Crippen molar-refractivity contribution in [2.75, 3.05) is 6.54 Å². The summed E-state index contributed by atoms with van der Waals surface area (Å²) in [5.41, 5.74) is 1.06. The average Bonchev–Trinajstić information content (AvgIpc) is 3.23. The second kappa shape index (κ2) is 7.62. The quantitative estimate of drug-likeness (QED) is 0.788. The Balaban J connectivity index is 1.50. The zero-order valence-electron chi connectivity index (χ0n) is 13.9. The van der Waals surface area contributed by atoms with Crippen molar-refractivity contribution in [1.82, 2.24) is 10.2 Å². The minimum absolute atomic E-state index is 0.0305. The number of hydrogen-bond acceptors (Lipinski definition) is 3. The molecule has 4 nitrogen and oxygen atoms in total. The van der Waals surface area contributed by atoms with Crippen molar-refractivity contribution in [2.45, 2.75) is 44.8 Å². The summed E-state index contributed by atoms with van der Waals surface area (Å²) in [4.78, 5) is 14.2. The molecule has 3 rings (SSSR count). The lowest BCUT2D eigenvalue weighted by atomic mass is 10.1. The van der Waals surface area contributed by atoms with E-state index in [1.165, 1.54) is 12.1 Å². The molecule has 1 fully saturated rings. The maximum Gasteiger partial charge on any atom is 0.223 e. The van der Waals surface area contributed by atoms with Crippen LogP contribution in [0.2, 0.25) is 0 Å². The Morgan fingerprint density at radius 1 is 1.33 bits per heavy atom. The summed E-state index contributed by atoms with van der Waals surface area (Å²) >= 11 is 0. The van der Waals surface area contributed by atoms with Gasteiger partial charge in [-0.15, -0.1) is 0 Å². The van der Waals surface area contributed by atoms with E-state index in [0.29, 0.717) is 13.0 Å². The third kappa shape index (κ3) is 3.85. The molecule has 0 spiro atoms. The van der Waals surface area contributed by atoms with E-state index in [9.17, 15) is 9.18 Å². The molecule has 5 heteroatoms. The normalized spacial score (nSPS) is 19.0. The fourth-order valence-corrected chi connectivity index (χ4v) is 3.35. The molecule has 1 aromatic carbocycles. The van der Waals surface area contributed by atoms with Gasteiger partial charge in [0, 0.05) is 19.0 Å². The van der Waals surface area contributed by atoms with Crippen molar-refractivity contribution in [3.8, 4) is 0 Å². The summed E-state index contributed by atoms with van der Waals surface area (Å²) < 4.78 is 18.3. The highest BCUT2D eigenvalue weighted by molar-refractivity contribution is 5.79. The zero-order valence-corrected chi connectivity index (χ0v) is 13.9. The highest BCUT2D eigenvalue weighted by Crippen LogP contribution is 2.31. The van der Waals surface area contributed by atoms with E-state index in [4.69, 9.17) is 4.42 Å². The number of furan rings is 1. The number of halogens is 1. The van der Waals surface area contributed by atoms with Gasteiger partial charge in [0.1, 0.15) is 11.6 Å². The Morgan fingerprint density at radius 2 is 2.12 bits per heavy atom. The van der Waals surface area contributed by atoms with Crippen LogP contribution in [-0.4, -0.2) is 23.4 Å². The van der Waals surface area contributed by atoms with Crippen LogP contribution in [-0.2, 0) is 11.3 Å². The fraction of sp³-hybridized carbons (Fsp3) is 0.421. The van der Waals surface area contributed by atoms with E-state index in [1.807, 2.05) is 24.0 Å². The molecule has 0 bridgehead atoms. The van der Waals surface area contributed by atoms with E-state index in [2.05, 4.69) is 5.32 Å². The first-order valence-corrected chi connectivity index (χ1v) is 8.45. The zero-order chi connectivity index (χ0) is 16.9. The van der Waals surface area contributed by atoms with Crippen LogP contribution < -0.4 is 5.32 Å². The monoisotopic (exact) mass is 330 g/mol. The summed E-state index contributed by atoms with van der Waals surface area (Å²) in [6.07, 6.45) is 4.04. The number of carbonyl (C=O) groups excluding carboxylic acids is 1. The van der Waals surface area contributed by atoms with Crippen LogP contribution in [0.15, 0.2) is 47.1 Å². The molecule has 1 aliphatic heterocycles. The molecule has 128 valence electrons. The van der Waals surface area contributed by atoms with Crippen molar-refractivity contribution < 1.29 is 13.6 Å². The van der Waals surface area contributed by atoms with Crippen LogP contribution >= 0.6 is 0 Å². The number of benzene rings is 1. The van der Waals surface area contributed by atoms with Gasteiger partial charge in [0.2, 0.25) is 5.91 Å². The van der Waals surface area contributed by atoms with Crippen LogP contribution in [0.3, 0.4) is 0 Å². The predicted molar refractivity (Wildman–Crippen MR) is 89.7 cm³/mol. The van der Waals surface area contributed by atoms with Gasteiger partial charge in [0.15, 0.2) is 0 Å². The van der Waals surface area contributed by atoms with Gasteiger partial charge in [-0.3, -0.25) is 4.79 Å². The molecule has 1 aliphatic rings. The number of rotatable bonds is 7. The lowest BCUT2D eigenvalue weighted by Crippen LogP contribution is -2.37. The Bertz CT molecular complexity index is 655. The molecular weight excluding hydrogens is 307 g/mol. The highest BCUT2D eigenvalue weighted by atomic mass is 19.1. The molecule has 1 aromatic heterocycles. The first-order valence-electron chi connectivity index (χ1n) is 8.45. The van der Waals surface area contributed by atoms with Crippen molar-refractivity contribution >= 4 is 5.91 Å². The first kappa shape index (κ1) is 16.7. The minimum Gasteiger partial charge on any atom is -0.467 e. The minimum atomic E-state index is -0.217. The Hall–Kier alpha value is -2.14. The average molecular weight is 330 g/mol. The van der Waals surface area contributed by atoms with Crippen LogP contribution in [0.5, 0.6) is 0 Å². The molecule has 1 amide bonds. The Morgan fingerprint density at radius 3 is 2.83 bits per heavy atom. The Kier molecular flexibility index (Phi) is 5.30. The SMILES string of the molecule is CC(c1ccco1)N1C(=O)CCC1CCNCc1ccc(F)cc1. The topological polar surface area (TPSA) is 45.5 Å². The number of amides is 1. The van der Waals surface area contributed by atoms with Gasteiger partial charge in [-0.1, -0.05) is 12.1 Å². The van der Waals surface area contributed by atoms with Gasteiger partial charge in [0.25, 0.3) is 0 Å². The third-order valence-corrected chi connectivity index (χ3v) is 4.64. The molecule has 0 aliphatic carbocycles. The van der Waals surface area contributed by atoms with Crippen molar-refractivity contribution in [1.29, 1.82) is 0 Å². The fourth-order valence-electron chi connectivity index (χ4n) is 3.35. The molecule has 24 heavy (non-hydrogen) atoms. The largest absolute Gasteiger partial charge is 0.467 e. The summed E-state index contributed by atoms with van der Waals surface area (Å²) in [6, 6.07) is 10.5. The van der Waals surface area contributed by atoms with Crippen LogP contribution in [0.4, 0.5) is 4.39 Å². The van der Waals surface area contributed by atoms with Gasteiger partial charge in [0.05, 0.1) is 12.3 Å². The molecule has 2 heterocycles. The summed E-state index contributed by atoms with van der Waals surface area (Å²) in [6.45, 7) is 3.53. The molecule has 2 unspecified atom stereocenters. The summed E-state index contributed by atoms with van der Waals surface area (Å²) in [5.74, 6) is 0.808. The smallest absolute Gasteiger partial charge is 0.223 e. The second-order valence-corrected chi connectivity index (χ2v) is 6.28. The van der Waals surface area contributed by atoms with Gasteiger partial charge in [-0.25, -0.2) is 4.39 Å². The molecule has 1 N–H and O–H groups in total. The highest BCUT2D eigenvalue weighted by Gasteiger charge is 2.35. The molecule has 1 saturated heterocycles. The van der Waals surface area contributed by atoms with Crippen LogP contribution in [0.25, 0.3) is 0 Å². The van der Waals surface area contributed by atoms with E-state index < -0.39 is 0 Å². The molecular formula is C19H23FN2O2. The number of carbonyl (C=O) groups is 1.